The molecule has 198 valence electrons. The number of phenols is 1. The molecule has 1 aromatic carbocycles. The SMILES string of the molecule is CO[C@]12C(=O)C3=C(O)c4c(O)ccc(-c5ccncc5F)c4C[C@H]3C[C@H]1[C@H](N(C)C)C(=O)C(C(N)=O)=C2O. The first-order valence-corrected chi connectivity index (χ1v) is 11.9. The van der Waals surface area contributed by atoms with Crippen molar-refractivity contribution < 1.29 is 38.8 Å². The number of carbonyl (C=O) groups excluding carboxylic acids is 3. The van der Waals surface area contributed by atoms with Crippen molar-refractivity contribution in [1.82, 2.24) is 9.88 Å². The van der Waals surface area contributed by atoms with Gasteiger partial charge in [-0.2, -0.15) is 0 Å². The number of ether oxygens (including phenoxy) is 1. The van der Waals surface area contributed by atoms with Crippen LogP contribution in [0.5, 0.6) is 5.75 Å². The molecular formula is C27H26FN3O7. The number of phenolic OH excluding ortho intramolecular Hbond substituents is 1. The van der Waals surface area contributed by atoms with Gasteiger partial charge in [-0.05, 0) is 56.1 Å². The first-order chi connectivity index (χ1) is 18.0. The van der Waals surface area contributed by atoms with Crippen LogP contribution in [0.2, 0.25) is 0 Å². The number of nitrogens with two attached hydrogens (primary N) is 1. The predicted octanol–water partition coefficient (Wildman–Crippen LogP) is 1.82. The molecule has 0 spiro atoms. The van der Waals surface area contributed by atoms with E-state index in [1.807, 2.05) is 0 Å². The van der Waals surface area contributed by atoms with Crippen molar-refractivity contribution in [1.29, 1.82) is 0 Å². The summed E-state index contributed by atoms with van der Waals surface area (Å²) in [4.78, 5) is 45.0. The number of primary amides is 1. The Kier molecular flexibility index (Phi) is 5.88. The molecular weight excluding hydrogens is 497 g/mol. The third-order valence-corrected chi connectivity index (χ3v) is 7.96. The third kappa shape index (κ3) is 3.25. The summed E-state index contributed by atoms with van der Waals surface area (Å²) in [5.41, 5.74) is 3.37. The molecule has 5 rings (SSSR count). The number of fused-ring (bicyclic) bond motifs is 3. The summed E-state index contributed by atoms with van der Waals surface area (Å²) in [6.45, 7) is 0. The van der Waals surface area contributed by atoms with Crippen molar-refractivity contribution in [2.45, 2.75) is 24.5 Å². The Labute approximate surface area is 216 Å². The average Bonchev–Trinajstić information content (AvgIpc) is 2.84. The lowest BCUT2D eigenvalue weighted by Gasteiger charge is -2.52. The number of ketones is 2. The lowest BCUT2D eigenvalue weighted by atomic mass is 9.57. The minimum atomic E-state index is -2.17. The van der Waals surface area contributed by atoms with E-state index in [1.54, 1.807) is 14.1 Å². The second kappa shape index (κ2) is 8.74. The number of aliphatic hydroxyl groups is 2. The summed E-state index contributed by atoms with van der Waals surface area (Å²) in [5.74, 6) is -6.80. The topological polar surface area (TPSA) is 163 Å². The van der Waals surface area contributed by atoms with Crippen LogP contribution in [-0.4, -0.2) is 75.5 Å². The van der Waals surface area contributed by atoms with Crippen LogP contribution in [0.3, 0.4) is 0 Å². The van der Waals surface area contributed by atoms with Gasteiger partial charge >= 0.3 is 0 Å². The second-order valence-corrected chi connectivity index (χ2v) is 9.98. The second-order valence-electron chi connectivity index (χ2n) is 9.98. The smallest absolute Gasteiger partial charge is 0.255 e. The van der Waals surface area contributed by atoms with Gasteiger partial charge in [0.2, 0.25) is 5.78 Å². The number of benzene rings is 1. The minimum absolute atomic E-state index is 0.0438. The molecule has 10 nitrogen and oxygen atoms in total. The van der Waals surface area contributed by atoms with Gasteiger partial charge in [-0.15, -0.1) is 0 Å². The molecule has 0 bridgehead atoms. The fourth-order valence-corrected chi connectivity index (χ4v) is 6.41. The number of aromatic nitrogens is 1. The van der Waals surface area contributed by atoms with Crippen molar-refractivity contribution in [2.24, 2.45) is 17.6 Å². The average molecular weight is 524 g/mol. The van der Waals surface area contributed by atoms with Crippen LogP contribution in [-0.2, 0) is 25.5 Å². The number of halogens is 1. The van der Waals surface area contributed by atoms with Gasteiger partial charge in [0.1, 0.15) is 28.7 Å². The number of likely N-dealkylation sites (N-methyl/N-ethyl adjacent to an activating group) is 1. The van der Waals surface area contributed by atoms with E-state index in [4.69, 9.17) is 10.5 Å². The number of nitrogens with zero attached hydrogens (tertiary/aromatic N) is 2. The zero-order valence-electron chi connectivity index (χ0n) is 20.9. The quantitative estimate of drug-likeness (QED) is 0.438. The highest BCUT2D eigenvalue weighted by Gasteiger charge is 2.65. The van der Waals surface area contributed by atoms with E-state index < -0.39 is 63.9 Å². The minimum Gasteiger partial charge on any atom is -0.508 e. The summed E-state index contributed by atoms with van der Waals surface area (Å²) in [6, 6.07) is 3.23. The summed E-state index contributed by atoms with van der Waals surface area (Å²) in [7, 11) is 4.35. The van der Waals surface area contributed by atoms with Crippen molar-refractivity contribution in [3.8, 4) is 16.9 Å². The number of hydrogen-bond acceptors (Lipinski definition) is 9. The maximum atomic E-state index is 14.7. The Balaban J connectivity index is 1.78. The Morgan fingerprint density at radius 1 is 1.18 bits per heavy atom. The van der Waals surface area contributed by atoms with E-state index in [-0.39, 0.29) is 35.3 Å². The molecule has 1 amide bonds. The Bertz CT molecular complexity index is 1480. The molecule has 3 aliphatic rings. The number of aliphatic hydroxyl groups excluding tert-OH is 2. The van der Waals surface area contributed by atoms with Gasteiger partial charge in [-0.3, -0.25) is 24.3 Å². The molecule has 1 saturated carbocycles. The zero-order chi connectivity index (χ0) is 27.7. The van der Waals surface area contributed by atoms with Gasteiger partial charge in [-0.1, -0.05) is 6.07 Å². The normalized spacial score (nSPS) is 26.8. The lowest BCUT2D eigenvalue weighted by Crippen LogP contribution is -2.66. The van der Waals surface area contributed by atoms with Crippen LogP contribution >= 0.6 is 0 Å². The fraction of sp³-hybridized carbons (Fsp3) is 0.333. The largest absolute Gasteiger partial charge is 0.508 e. The molecule has 1 fully saturated rings. The molecule has 11 heteroatoms. The van der Waals surface area contributed by atoms with Crippen LogP contribution in [0.15, 0.2) is 47.5 Å². The molecule has 2 aromatic rings. The third-order valence-electron chi connectivity index (χ3n) is 7.96. The molecule has 5 N–H and O–H groups in total. The Morgan fingerprint density at radius 3 is 2.50 bits per heavy atom. The van der Waals surface area contributed by atoms with Crippen LogP contribution < -0.4 is 5.73 Å². The van der Waals surface area contributed by atoms with Crippen molar-refractivity contribution >= 4 is 23.2 Å². The van der Waals surface area contributed by atoms with Crippen LogP contribution in [0.4, 0.5) is 4.39 Å². The number of Topliss-reactive ketones (excluding diaryl/α,β-unsaturated/α-hetero) is 2. The maximum absolute atomic E-state index is 14.7. The Hall–Kier alpha value is -4.09. The number of hydrogen-bond donors (Lipinski definition) is 4. The summed E-state index contributed by atoms with van der Waals surface area (Å²) in [6.07, 6.45) is 2.66. The number of methoxy groups -OCH3 is 1. The lowest BCUT2D eigenvalue weighted by molar-refractivity contribution is -0.159. The van der Waals surface area contributed by atoms with Crippen LogP contribution in [0, 0.1) is 17.7 Å². The zero-order valence-corrected chi connectivity index (χ0v) is 20.9. The van der Waals surface area contributed by atoms with Crippen LogP contribution in [0.1, 0.15) is 17.5 Å². The molecule has 1 aromatic heterocycles. The fourth-order valence-electron chi connectivity index (χ4n) is 6.41. The Morgan fingerprint density at radius 2 is 1.89 bits per heavy atom. The van der Waals surface area contributed by atoms with Crippen molar-refractivity contribution in [2.75, 3.05) is 21.2 Å². The van der Waals surface area contributed by atoms with E-state index in [2.05, 4.69) is 4.98 Å². The van der Waals surface area contributed by atoms with E-state index in [0.717, 1.165) is 6.20 Å². The molecule has 38 heavy (non-hydrogen) atoms. The van der Waals surface area contributed by atoms with Gasteiger partial charge in [0.15, 0.2) is 11.4 Å². The highest BCUT2D eigenvalue weighted by atomic mass is 19.1. The molecule has 0 radical (unpaired) electrons. The molecule has 4 atom stereocenters. The van der Waals surface area contributed by atoms with E-state index in [1.165, 1.54) is 36.4 Å². The number of carbonyl (C=O) groups is 3. The van der Waals surface area contributed by atoms with E-state index in [0.29, 0.717) is 11.1 Å². The maximum Gasteiger partial charge on any atom is 0.255 e. The number of rotatable bonds is 4. The van der Waals surface area contributed by atoms with Gasteiger partial charge in [-0.25, -0.2) is 4.39 Å². The molecule has 0 unspecified atom stereocenters. The molecule has 0 aliphatic heterocycles. The summed E-state index contributed by atoms with van der Waals surface area (Å²) >= 11 is 0. The number of aromatic hydroxyl groups is 1. The van der Waals surface area contributed by atoms with Gasteiger partial charge < -0.3 is 25.8 Å². The monoisotopic (exact) mass is 523 g/mol. The first-order valence-electron chi connectivity index (χ1n) is 11.9. The number of amides is 1. The highest BCUT2D eigenvalue weighted by Crippen LogP contribution is 2.54. The van der Waals surface area contributed by atoms with Crippen molar-refractivity contribution in [3.63, 3.8) is 0 Å². The van der Waals surface area contributed by atoms with E-state index in [9.17, 15) is 34.1 Å². The summed E-state index contributed by atoms with van der Waals surface area (Å²) < 4.78 is 20.3. The summed E-state index contributed by atoms with van der Waals surface area (Å²) in [5, 5.41) is 33.3. The first kappa shape index (κ1) is 25.6. The van der Waals surface area contributed by atoms with Crippen LogP contribution in [0.25, 0.3) is 16.9 Å². The van der Waals surface area contributed by atoms with Gasteiger partial charge in [0.25, 0.3) is 5.91 Å². The molecule has 3 aliphatic carbocycles. The van der Waals surface area contributed by atoms with Gasteiger partial charge in [0, 0.05) is 30.4 Å². The molecule has 1 heterocycles. The number of pyridine rings is 1. The molecule has 0 saturated heterocycles. The standard InChI is InChI=1S/C27H26FN3O7/c1-31(2)21-15-9-11-8-14-12(13-6-7-30-10-16(13)28)4-5-17(32)19(14)22(33)18(11)24(35)27(15,38-3)25(36)20(23(21)34)26(29)37/h4-7,10-11,15,21,32-33,36H,8-9H2,1-3H3,(H2,29,37)/t11-,15-,21-,27-/m0/s1. The van der Waals surface area contributed by atoms with Gasteiger partial charge in [0.05, 0.1) is 17.8 Å². The highest BCUT2D eigenvalue weighted by molar-refractivity contribution is 6.24. The predicted molar refractivity (Wildman–Crippen MR) is 132 cm³/mol. The van der Waals surface area contributed by atoms with Crippen molar-refractivity contribution in [3.05, 3.63) is 64.4 Å². The van der Waals surface area contributed by atoms with E-state index >= 15 is 0 Å².